The highest BCUT2D eigenvalue weighted by Gasteiger charge is 2.18. The van der Waals surface area contributed by atoms with E-state index in [-0.39, 0.29) is 5.43 Å². The molecule has 128 valence electrons. The van der Waals surface area contributed by atoms with Crippen LogP contribution in [0.15, 0.2) is 41.3 Å². The largest absolute Gasteiger partial charge is 0.497 e. The smallest absolute Gasteiger partial charge is 0.223 e. The zero-order valence-electron chi connectivity index (χ0n) is 14.1. The van der Waals surface area contributed by atoms with Crippen LogP contribution >= 0.6 is 0 Å². The molecule has 1 saturated heterocycles. The molecule has 0 unspecified atom stereocenters. The fourth-order valence-corrected chi connectivity index (χ4v) is 2.96. The lowest BCUT2D eigenvalue weighted by atomic mass is 10.2. The summed E-state index contributed by atoms with van der Waals surface area (Å²) in [6.07, 6.45) is 1.63. The number of pyridine rings is 1. The SMILES string of the molecule is COc1cccc(N2CCN(Cc3cc(=O)c(OC)c[nH]3)CC2)c1. The van der Waals surface area contributed by atoms with Gasteiger partial charge >= 0.3 is 0 Å². The fraction of sp³-hybridized carbons (Fsp3) is 0.389. The quantitative estimate of drug-likeness (QED) is 0.905. The van der Waals surface area contributed by atoms with Gasteiger partial charge in [0, 0.05) is 62.4 Å². The number of rotatable bonds is 5. The van der Waals surface area contributed by atoms with Crippen molar-refractivity contribution in [3.63, 3.8) is 0 Å². The molecule has 2 aromatic rings. The van der Waals surface area contributed by atoms with E-state index in [0.29, 0.717) is 5.75 Å². The summed E-state index contributed by atoms with van der Waals surface area (Å²) in [5.41, 5.74) is 2.02. The Bertz CT molecular complexity index is 736. The van der Waals surface area contributed by atoms with Crippen molar-refractivity contribution >= 4 is 5.69 Å². The van der Waals surface area contributed by atoms with Gasteiger partial charge in [-0.2, -0.15) is 0 Å². The molecule has 0 radical (unpaired) electrons. The summed E-state index contributed by atoms with van der Waals surface area (Å²) in [6.45, 7) is 4.54. The summed E-state index contributed by atoms with van der Waals surface area (Å²) in [7, 11) is 3.19. The number of hydrogen-bond acceptors (Lipinski definition) is 5. The van der Waals surface area contributed by atoms with Crippen LogP contribution in [0.1, 0.15) is 5.69 Å². The number of methoxy groups -OCH3 is 2. The van der Waals surface area contributed by atoms with Gasteiger partial charge in [0.2, 0.25) is 5.43 Å². The van der Waals surface area contributed by atoms with E-state index in [1.165, 1.54) is 12.8 Å². The third kappa shape index (κ3) is 3.71. The van der Waals surface area contributed by atoms with Crippen LogP contribution < -0.4 is 19.8 Å². The fourth-order valence-electron chi connectivity index (χ4n) is 2.96. The van der Waals surface area contributed by atoms with Crippen molar-refractivity contribution in [2.45, 2.75) is 6.54 Å². The molecule has 0 saturated carbocycles. The van der Waals surface area contributed by atoms with E-state index < -0.39 is 0 Å². The Balaban J connectivity index is 1.59. The monoisotopic (exact) mass is 329 g/mol. The van der Waals surface area contributed by atoms with E-state index >= 15 is 0 Å². The second-order valence-corrected chi connectivity index (χ2v) is 5.86. The molecule has 0 amide bonds. The number of benzene rings is 1. The molecule has 1 aliphatic rings. The Morgan fingerprint density at radius 1 is 1.08 bits per heavy atom. The van der Waals surface area contributed by atoms with E-state index in [1.54, 1.807) is 19.4 Å². The van der Waals surface area contributed by atoms with E-state index in [9.17, 15) is 4.79 Å². The molecule has 0 bridgehead atoms. The third-order valence-electron chi connectivity index (χ3n) is 4.34. The van der Waals surface area contributed by atoms with Gasteiger partial charge in [0.05, 0.1) is 14.2 Å². The van der Waals surface area contributed by atoms with Crippen molar-refractivity contribution in [1.82, 2.24) is 9.88 Å². The zero-order chi connectivity index (χ0) is 16.9. The van der Waals surface area contributed by atoms with Crippen LogP contribution in [-0.2, 0) is 6.54 Å². The lowest BCUT2D eigenvalue weighted by Crippen LogP contribution is -2.46. The molecule has 1 fully saturated rings. The summed E-state index contributed by atoms with van der Waals surface area (Å²) in [5.74, 6) is 1.23. The molecule has 1 aliphatic heterocycles. The number of piperazine rings is 1. The second-order valence-electron chi connectivity index (χ2n) is 5.86. The molecule has 0 aliphatic carbocycles. The minimum Gasteiger partial charge on any atom is -0.497 e. The molecule has 2 heterocycles. The molecule has 1 N–H and O–H groups in total. The summed E-state index contributed by atoms with van der Waals surface area (Å²) in [6, 6.07) is 9.77. The first kappa shape index (κ1) is 16.4. The first-order chi connectivity index (χ1) is 11.7. The maximum absolute atomic E-state index is 11.8. The minimum absolute atomic E-state index is 0.0822. The Hall–Kier alpha value is -2.47. The van der Waals surface area contributed by atoms with E-state index in [4.69, 9.17) is 9.47 Å². The number of aromatic nitrogens is 1. The zero-order valence-corrected chi connectivity index (χ0v) is 14.1. The maximum atomic E-state index is 11.8. The van der Waals surface area contributed by atoms with Gasteiger partial charge in [-0.05, 0) is 12.1 Å². The molecule has 6 heteroatoms. The van der Waals surface area contributed by atoms with Crippen molar-refractivity contribution in [3.05, 3.63) is 52.4 Å². The molecule has 0 spiro atoms. The standard InChI is InChI=1S/C18H23N3O3/c1-23-16-5-3-4-15(11-16)21-8-6-20(7-9-21)13-14-10-17(22)18(24-2)12-19-14/h3-5,10-12H,6-9,13H2,1-2H3,(H,19,22). The molecule has 1 aromatic heterocycles. The van der Waals surface area contributed by atoms with Crippen LogP contribution in [0.3, 0.4) is 0 Å². The van der Waals surface area contributed by atoms with Crippen LogP contribution in [0.5, 0.6) is 11.5 Å². The molecule has 6 nitrogen and oxygen atoms in total. The van der Waals surface area contributed by atoms with Gasteiger partial charge in [0.15, 0.2) is 5.75 Å². The van der Waals surface area contributed by atoms with Crippen molar-refractivity contribution in [3.8, 4) is 11.5 Å². The van der Waals surface area contributed by atoms with Crippen molar-refractivity contribution in [2.75, 3.05) is 45.3 Å². The van der Waals surface area contributed by atoms with Gasteiger partial charge in [0.1, 0.15) is 5.75 Å². The first-order valence-corrected chi connectivity index (χ1v) is 8.06. The maximum Gasteiger partial charge on any atom is 0.223 e. The number of hydrogen-bond donors (Lipinski definition) is 1. The summed E-state index contributed by atoms with van der Waals surface area (Å²) in [5, 5.41) is 0. The number of H-pyrrole nitrogens is 1. The molecule has 0 atom stereocenters. The van der Waals surface area contributed by atoms with Crippen molar-refractivity contribution < 1.29 is 9.47 Å². The van der Waals surface area contributed by atoms with Gasteiger partial charge in [-0.1, -0.05) is 6.07 Å². The number of aromatic amines is 1. The number of nitrogens with zero attached hydrogens (tertiary/aromatic N) is 2. The summed E-state index contributed by atoms with van der Waals surface area (Å²) < 4.78 is 10.3. The van der Waals surface area contributed by atoms with Gasteiger partial charge in [-0.3, -0.25) is 9.69 Å². The van der Waals surface area contributed by atoms with Crippen LogP contribution in [-0.4, -0.2) is 50.3 Å². The highest BCUT2D eigenvalue weighted by molar-refractivity contribution is 5.51. The van der Waals surface area contributed by atoms with E-state index in [1.807, 2.05) is 12.1 Å². The first-order valence-electron chi connectivity index (χ1n) is 8.06. The topological polar surface area (TPSA) is 57.8 Å². The van der Waals surface area contributed by atoms with Crippen LogP contribution in [0.2, 0.25) is 0 Å². The van der Waals surface area contributed by atoms with Gasteiger partial charge < -0.3 is 19.4 Å². The summed E-state index contributed by atoms with van der Waals surface area (Å²) >= 11 is 0. The van der Waals surface area contributed by atoms with Gasteiger partial charge in [-0.25, -0.2) is 0 Å². The molecule has 24 heavy (non-hydrogen) atoms. The predicted molar refractivity (Wildman–Crippen MR) is 94.1 cm³/mol. The Kier molecular flexibility index (Phi) is 5.05. The van der Waals surface area contributed by atoms with Gasteiger partial charge in [-0.15, -0.1) is 0 Å². The number of ether oxygens (including phenoxy) is 2. The molecule has 3 rings (SSSR count). The lowest BCUT2D eigenvalue weighted by molar-refractivity contribution is 0.247. The number of nitrogens with one attached hydrogen (secondary N) is 1. The van der Waals surface area contributed by atoms with E-state index in [0.717, 1.165) is 44.2 Å². The minimum atomic E-state index is -0.0822. The normalized spacial score (nSPS) is 15.3. The highest BCUT2D eigenvalue weighted by atomic mass is 16.5. The summed E-state index contributed by atoms with van der Waals surface area (Å²) in [4.78, 5) is 19.7. The van der Waals surface area contributed by atoms with Crippen molar-refractivity contribution in [1.29, 1.82) is 0 Å². The highest BCUT2D eigenvalue weighted by Crippen LogP contribution is 2.22. The Labute approximate surface area is 141 Å². The Morgan fingerprint density at radius 2 is 1.88 bits per heavy atom. The third-order valence-corrected chi connectivity index (χ3v) is 4.34. The molecule has 1 aromatic carbocycles. The van der Waals surface area contributed by atoms with E-state index in [2.05, 4.69) is 26.9 Å². The number of anilines is 1. The van der Waals surface area contributed by atoms with Crippen molar-refractivity contribution in [2.24, 2.45) is 0 Å². The van der Waals surface area contributed by atoms with Crippen LogP contribution in [0, 0.1) is 0 Å². The van der Waals surface area contributed by atoms with Crippen LogP contribution in [0.4, 0.5) is 5.69 Å². The lowest BCUT2D eigenvalue weighted by Gasteiger charge is -2.36. The second kappa shape index (κ2) is 7.40. The molecular weight excluding hydrogens is 306 g/mol. The average Bonchev–Trinajstić information content (AvgIpc) is 2.62. The van der Waals surface area contributed by atoms with Gasteiger partial charge in [0.25, 0.3) is 0 Å². The Morgan fingerprint density at radius 3 is 2.54 bits per heavy atom. The molecular formula is C18H23N3O3. The predicted octanol–water partition coefficient (Wildman–Crippen LogP) is 1.71. The average molecular weight is 329 g/mol. The van der Waals surface area contributed by atoms with Crippen LogP contribution in [0.25, 0.3) is 0 Å².